The maximum Gasteiger partial charge on any atom is 0.178 e. The Labute approximate surface area is 106 Å². The molecule has 0 aliphatic carbocycles. The predicted octanol–water partition coefficient (Wildman–Crippen LogP) is 1.65. The van der Waals surface area contributed by atoms with Crippen LogP contribution >= 0.6 is 0 Å². The van der Waals surface area contributed by atoms with Crippen molar-refractivity contribution in [1.29, 1.82) is 0 Å². The van der Waals surface area contributed by atoms with Gasteiger partial charge in [-0.1, -0.05) is 18.2 Å². The van der Waals surface area contributed by atoms with Crippen molar-refractivity contribution >= 4 is 16.7 Å². The number of hydrogen-bond donors (Lipinski definition) is 1. The predicted molar refractivity (Wildman–Crippen MR) is 70.8 cm³/mol. The van der Waals surface area contributed by atoms with E-state index in [0.717, 1.165) is 10.9 Å². The van der Waals surface area contributed by atoms with E-state index in [9.17, 15) is 4.79 Å². The number of rotatable bonds is 6. The molecule has 94 valence electrons. The Hall–Kier alpha value is -1.78. The minimum absolute atomic E-state index is 0.0457. The number of carbonyl (C=O) groups is 1. The second-order valence-electron chi connectivity index (χ2n) is 4.01. The summed E-state index contributed by atoms with van der Waals surface area (Å²) in [6, 6.07) is 9.64. The van der Waals surface area contributed by atoms with Crippen molar-refractivity contribution < 1.29 is 9.53 Å². The third-order valence-corrected chi connectivity index (χ3v) is 2.68. The number of nitrogens with zero attached hydrogens (tertiary/aromatic N) is 1. The Morgan fingerprint density at radius 3 is 3.06 bits per heavy atom. The number of nitrogens with one attached hydrogen (secondary N) is 1. The van der Waals surface area contributed by atoms with E-state index < -0.39 is 0 Å². The summed E-state index contributed by atoms with van der Waals surface area (Å²) in [5.74, 6) is 0.0457. The number of Topliss-reactive ketones (excluding diaryl/α,β-unsaturated/α-hetero) is 1. The molecule has 0 fully saturated rings. The molecule has 0 atom stereocenters. The fraction of sp³-hybridized carbons (Fsp3) is 0.286. The van der Waals surface area contributed by atoms with Gasteiger partial charge in [-0.05, 0) is 12.1 Å². The molecule has 1 aromatic carbocycles. The maximum absolute atomic E-state index is 11.9. The topological polar surface area (TPSA) is 51.2 Å². The molecule has 0 bridgehead atoms. The molecule has 2 aromatic rings. The minimum atomic E-state index is 0.0457. The van der Waals surface area contributed by atoms with Gasteiger partial charge in [0, 0.05) is 30.8 Å². The number of aromatic nitrogens is 1. The second-order valence-corrected chi connectivity index (χ2v) is 4.01. The molecule has 18 heavy (non-hydrogen) atoms. The van der Waals surface area contributed by atoms with Gasteiger partial charge in [-0.25, -0.2) is 0 Å². The Balaban J connectivity index is 2.04. The number of ketones is 1. The van der Waals surface area contributed by atoms with Crippen LogP contribution in [0.1, 0.15) is 10.4 Å². The number of para-hydroxylation sites is 1. The molecule has 1 heterocycles. The number of benzene rings is 1. The smallest absolute Gasteiger partial charge is 0.178 e. The Kier molecular flexibility index (Phi) is 4.39. The summed E-state index contributed by atoms with van der Waals surface area (Å²) in [4.78, 5) is 16.2. The summed E-state index contributed by atoms with van der Waals surface area (Å²) in [6.07, 6.45) is 1.63. The van der Waals surface area contributed by atoms with E-state index in [4.69, 9.17) is 4.74 Å². The van der Waals surface area contributed by atoms with Crippen molar-refractivity contribution in [2.45, 2.75) is 0 Å². The Bertz CT molecular complexity index is 540. The van der Waals surface area contributed by atoms with E-state index in [-0.39, 0.29) is 5.78 Å². The molecule has 0 spiro atoms. The average Bonchev–Trinajstić information content (AvgIpc) is 2.43. The molecule has 0 aliphatic heterocycles. The van der Waals surface area contributed by atoms with Crippen LogP contribution in [0.15, 0.2) is 36.5 Å². The fourth-order valence-electron chi connectivity index (χ4n) is 1.70. The van der Waals surface area contributed by atoms with E-state index in [0.29, 0.717) is 25.3 Å². The number of ether oxygens (including phenoxy) is 1. The standard InChI is InChI=1S/C14H16N2O2/c1-18-7-6-15-10-14(17)12-8-11-4-2-3-5-13(11)16-9-12/h2-5,8-9,15H,6-7,10H2,1H3. The first-order valence-corrected chi connectivity index (χ1v) is 5.89. The highest BCUT2D eigenvalue weighted by Gasteiger charge is 2.06. The largest absolute Gasteiger partial charge is 0.383 e. The van der Waals surface area contributed by atoms with Gasteiger partial charge >= 0.3 is 0 Å². The van der Waals surface area contributed by atoms with Crippen LogP contribution in [-0.2, 0) is 4.74 Å². The molecule has 0 saturated heterocycles. The van der Waals surface area contributed by atoms with E-state index in [1.807, 2.05) is 30.3 Å². The van der Waals surface area contributed by atoms with Crippen molar-refractivity contribution in [1.82, 2.24) is 10.3 Å². The lowest BCUT2D eigenvalue weighted by atomic mass is 10.1. The molecule has 0 unspecified atom stereocenters. The average molecular weight is 244 g/mol. The Morgan fingerprint density at radius 2 is 2.22 bits per heavy atom. The first-order chi connectivity index (χ1) is 8.81. The quantitative estimate of drug-likeness (QED) is 0.620. The molecule has 4 nitrogen and oxygen atoms in total. The van der Waals surface area contributed by atoms with Gasteiger partial charge in [0.2, 0.25) is 0 Å². The molecule has 0 amide bonds. The third kappa shape index (κ3) is 3.12. The van der Waals surface area contributed by atoms with Gasteiger partial charge < -0.3 is 10.1 Å². The highest BCUT2D eigenvalue weighted by molar-refractivity contribution is 6.00. The number of carbonyl (C=O) groups excluding carboxylic acids is 1. The summed E-state index contributed by atoms with van der Waals surface area (Å²) in [5.41, 5.74) is 1.54. The zero-order valence-electron chi connectivity index (χ0n) is 10.3. The summed E-state index contributed by atoms with van der Waals surface area (Å²) in [6.45, 7) is 1.58. The normalized spacial score (nSPS) is 10.7. The van der Waals surface area contributed by atoms with E-state index in [2.05, 4.69) is 10.3 Å². The van der Waals surface area contributed by atoms with Gasteiger partial charge in [0.1, 0.15) is 0 Å². The highest BCUT2D eigenvalue weighted by atomic mass is 16.5. The van der Waals surface area contributed by atoms with Gasteiger partial charge in [-0.15, -0.1) is 0 Å². The van der Waals surface area contributed by atoms with E-state index >= 15 is 0 Å². The second kappa shape index (κ2) is 6.23. The van der Waals surface area contributed by atoms with Crippen LogP contribution in [0.3, 0.4) is 0 Å². The maximum atomic E-state index is 11.9. The van der Waals surface area contributed by atoms with Gasteiger partial charge in [0.05, 0.1) is 18.7 Å². The molecular weight excluding hydrogens is 228 g/mol. The van der Waals surface area contributed by atoms with Crippen LogP contribution < -0.4 is 5.32 Å². The number of methoxy groups -OCH3 is 1. The lowest BCUT2D eigenvalue weighted by Crippen LogP contribution is -2.26. The summed E-state index contributed by atoms with van der Waals surface area (Å²) < 4.78 is 4.90. The van der Waals surface area contributed by atoms with Gasteiger partial charge in [-0.3, -0.25) is 9.78 Å². The van der Waals surface area contributed by atoms with Crippen LogP contribution in [-0.4, -0.2) is 37.6 Å². The highest BCUT2D eigenvalue weighted by Crippen LogP contribution is 2.12. The minimum Gasteiger partial charge on any atom is -0.383 e. The third-order valence-electron chi connectivity index (χ3n) is 2.68. The molecular formula is C14H16N2O2. The van der Waals surface area contributed by atoms with Crippen LogP contribution in [0.5, 0.6) is 0 Å². The molecule has 4 heteroatoms. The zero-order valence-corrected chi connectivity index (χ0v) is 10.3. The summed E-state index contributed by atoms with van der Waals surface area (Å²) >= 11 is 0. The van der Waals surface area contributed by atoms with Crippen molar-refractivity contribution in [2.24, 2.45) is 0 Å². The van der Waals surface area contributed by atoms with Gasteiger partial charge in [0.25, 0.3) is 0 Å². The molecule has 2 rings (SSSR count). The molecule has 1 N–H and O–H groups in total. The van der Waals surface area contributed by atoms with Crippen molar-refractivity contribution in [3.05, 3.63) is 42.1 Å². The van der Waals surface area contributed by atoms with Crippen LogP contribution in [0.25, 0.3) is 10.9 Å². The van der Waals surface area contributed by atoms with Crippen LogP contribution in [0, 0.1) is 0 Å². The molecule has 0 radical (unpaired) electrons. The van der Waals surface area contributed by atoms with Gasteiger partial charge in [0.15, 0.2) is 5.78 Å². The van der Waals surface area contributed by atoms with Crippen LogP contribution in [0.4, 0.5) is 0 Å². The molecule has 1 aromatic heterocycles. The van der Waals surface area contributed by atoms with Crippen LogP contribution in [0.2, 0.25) is 0 Å². The first kappa shape index (κ1) is 12.7. The number of hydrogen-bond acceptors (Lipinski definition) is 4. The first-order valence-electron chi connectivity index (χ1n) is 5.89. The number of fused-ring (bicyclic) bond motifs is 1. The molecule has 0 aliphatic rings. The van der Waals surface area contributed by atoms with Crippen molar-refractivity contribution in [3.63, 3.8) is 0 Å². The lowest BCUT2D eigenvalue weighted by Gasteiger charge is -2.04. The van der Waals surface area contributed by atoms with Crippen molar-refractivity contribution in [3.8, 4) is 0 Å². The van der Waals surface area contributed by atoms with Crippen molar-refractivity contribution in [2.75, 3.05) is 26.8 Å². The van der Waals surface area contributed by atoms with E-state index in [1.165, 1.54) is 0 Å². The zero-order chi connectivity index (χ0) is 12.8. The SMILES string of the molecule is COCCNCC(=O)c1cnc2ccccc2c1. The summed E-state index contributed by atoms with van der Waals surface area (Å²) in [7, 11) is 1.64. The number of pyridine rings is 1. The lowest BCUT2D eigenvalue weighted by molar-refractivity contribution is 0.0987. The Morgan fingerprint density at radius 1 is 1.39 bits per heavy atom. The monoisotopic (exact) mass is 244 g/mol. The summed E-state index contributed by atoms with van der Waals surface area (Å²) in [5, 5.41) is 4.02. The van der Waals surface area contributed by atoms with Gasteiger partial charge in [-0.2, -0.15) is 0 Å². The fourth-order valence-corrected chi connectivity index (χ4v) is 1.70. The van der Waals surface area contributed by atoms with E-state index in [1.54, 1.807) is 13.3 Å². The molecule has 0 saturated carbocycles.